The fourth-order valence-electron chi connectivity index (χ4n) is 2.38. The first-order valence-electron chi connectivity index (χ1n) is 6.21. The topological polar surface area (TPSA) is 42.7 Å². The third-order valence-electron chi connectivity index (χ3n) is 3.33. The molecule has 1 unspecified atom stereocenters. The van der Waals surface area contributed by atoms with Crippen molar-refractivity contribution in [3.8, 4) is 11.3 Å². The van der Waals surface area contributed by atoms with Crippen LogP contribution in [0.3, 0.4) is 0 Å². The lowest BCUT2D eigenvalue weighted by atomic mass is 10.1. The minimum atomic E-state index is -0.225. The van der Waals surface area contributed by atoms with Crippen LogP contribution in [0.1, 0.15) is 18.9 Å². The Morgan fingerprint density at radius 3 is 2.83 bits per heavy atom. The van der Waals surface area contributed by atoms with Gasteiger partial charge in [0.2, 0.25) is 0 Å². The molecule has 5 heteroatoms. The predicted molar refractivity (Wildman–Crippen MR) is 66.6 cm³/mol. The van der Waals surface area contributed by atoms with E-state index in [0.29, 0.717) is 6.04 Å². The molecule has 4 nitrogen and oxygen atoms in total. The molecule has 18 heavy (non-hydrogen) atoms. The van der Waals surface area contributed by atoms with Gasteiger partial charge in [-0.25, -0.2) is 9.07 Å². The highest BCUT2D eigenvalue weighted by molar-refractivity contribution is 5.58. The van der Waals surface area contributed by atoms with Crippen molar-refractivity contribution >= 4 is 0 Å². The number of halogens is 1. The lowest BCUT2D eigenvalue weighted by Gasteiger charge is -2.24. The van der Waals surface area contributed by atoms with Gasteiger partial charge in [0.05, 0.1) is 17.9 Å². The second-order valence-corrected chi connectivity index (χ2v) is 4.57. The lowest BCUT2D eigenvalue weighted by Crippen LogP contribution is -2.32. The summed E-state index contributed by atoms with van der Waals surface area (Å²) in [6, 6.07) is 6.79. The van der Waals surface area contributed by atoms with E-state index in [0.717, 1.165) is 37.2 Å². The molecule has 1 fully saturated rings. The Kier molecular flexibility index (Phi) is 3.06. The van der Waals surface area contributed by atoms with Crippen molar-refractivity contribution in [2.24, 2.45) is 0 Å². The third-order valence-corrected chi connectivity index (χ3v) is 3.33. The van der Waals surface area contributed by atoms with E-state index < -0.39 is 0 Å². The number of benzene rings is 1. The van der Waals surface area contributed by atoms with Crippen molar-refractivity contribution in [3.05, 3.63) is 36.3 Å². The van der Waals surface area contributed by atoms with E-state index in [4.69, 9.17) is 0 Å². The molecule has 0 bridgehead atoms. The Bertz CT molecular complexity index is 514. The maximum absolute atomic E-state index is 12.9. The monoisotopic (exact) mass is 246 g/mol. The molecule has 0 saturated carbocycles. The second-order valence-electron chi connectivity index (χ2n) is 4.57. The fraction of sp³-hybridized carbons (Fsp3) is 0.385. The van der Waals surface area contributed by atoms with E-state index in [-0.39, 0.29) is 5.82 Å². The molecule has 1 N–H and O–H groups in total. The lowest BCUT2D eigenvalue weighted by molar-refractivity contribution is 0.344. The van der Waals surface area contributed by atoms with Gasteiger partial charge in [0.15, 0.2) is 0 Å². The maximum atomic E-state index is 12.9. The van der Waals surface area contributed by atoms with Crippen molar-refractivity contribution in [2.75, 3.05) is 13.1 Å². The number of nitrogens with zero attached hydrogens (tertiary/aromatic N) is 3. The van der Waals surface area contributed by atoms with Crippen LogP contribution in [0.5, 0.6) is 0 Å². The zero-order valence-corrected chi connectivity index (χ0v) is 10.0. The zero-order valence-electron chi connectivity index (χ0n) is 10.0. The van der Waals surface area contributed by atoms with Crippen LogP contribution >= 0.6 is 0 Å². The van der Waals surface area contributed by atoms with E-state index >= 15 is 0 Å². The van der Waals surface area contributed by atoms with Crippen molar-refractivity contribution in [1.82, 2.24) is 20.3 Å². The number of hydrogen-bond donors (Lipinski definition) is 1. The Labute approximate surface area is 105 Å². The van der Waals surface area contributed by atoms with Gasteiger partial charge in [-0.3, -0.25) is 0 Å². The second kappa shape index (κ2) is 4.86. The van der Waals surface area contributed by atoms with Gasteiger partial charge in [-0.1, -0.05) is 5.21 Å². The highest BCUT2D eigenvalue weighted by Crippen LogP contribution is 2.24. The molecular formula is C13H15FN4. The van der Waals surface area contributed by atoms with Crippen molar-refractivity contribution in [2.45, 2.75) is 18.9 Å². The Hall–Kier alpha value is -1.75. The number of aromatic nitrogens is 3. The van der Waals surface area contributed by atoms with Crippen molar-refractivity contribution in [3.63, 3.8) is 0 Å². The number of nitrogens with one attached hydrogen (secondary N) is 1. The molecule has 1 aliphatic heterocycles. The molecule has 1 aromatic carbocycles. The summed E-state index contributed by atoms with van der Waals surface area (Å²) >= 11 is 0. The number of rotatable bonds is 2. The molecule has 3 rings (SSSR count). The average Bonchev–Trinajstić information content (AvgIpc) is 2.90. The van der Waals surface area contributed by atoms with Crippen LogP contribution < -0.4 is 5.32 Å². The summed E-state index contributed by atoms with van der Waals surface area (Å²) in [5, 5.41) is 11.5. The first-order valence-corrected chi connectivity index (χ1v) is 6.21. The SMILES string of the molecule is Fc1ccc(-c2cnnn2C2CCCNC2)cc1. The molecule has 1 aromatic heterocycles. The summed E-state index contributed by atoms with van der Waals surface area (Å²) in [5.41, 5.74) is 1.90. The molecule has 0 amide bonds. The summed E-state index contributed by atoms with van der Waals surface area (Å²) in [6.07, 6.45) is 3.99. The molecule has 2 heterocycles. The minimum absolute atomic E-state index is 0.225. The van der Waals surface area contributed by atoms with E-state index in [1.165, 1.54) is 12.1 Å². The Morgan fingerprint density at radius 2 is 2.11 bits per heavy atom. The summed E-state index contributed by atoms with van der Waals surface area (Å²) in [5.74, 6) is -0.225. The van der Waals surface area contributed by atoms with E-state index in [1.54, 1.807) is 18.3 Å². The van der Waals surface area contributed by atoms with Crippen molar-refractivity contribution in [1.29, 1.82) is 0 Å². The summed E-state index contributed by atoms with van der Waals surface area (Å²) < 4.78 is 14.9. The summed E-state index contributed by atoms with van der Waals surface area (Å²) in [4.78, 5) is 0. The van der Waals surface area contributed by atoms with Gasteiger partial charge >= 0.3 is 0 Å². The molecule has 1 saturated heterocycles. The Balaban J connectivity index is 1.93. The molecule has 1 aliphatic rings. The predicted octanol–water partition coefficient (Wildman–Crippen LogP) is 2.01. The minimum Gasteiger partial charge on any atom is -0.315 e. The van der Waals surface area contributed by atoms with E-state index in [2.05, 4.69) is 15.6 Å². The van der Waals surface area contributed by atoms with Gasteiger partial charge in [-0.15, -0.1) is 5.10 Å². The van der Waals surface area contributed by atoms with Crippen LogP contribution in [0.2, 0.25) is 0 Å². The molecule has 94 valence electrons. The normalized spacial score (nSPS) is 19.9. The number of hydrogen-bond acceptors (Lipinski definition) is 3. The van der Waals surface area contributed by atoms with Crippen LogP contribution in [0.25, 0.3) is 11.3 Å². The fourth-order valence-corrected chi connectivity index (χ4v) is 2.38. The van der Waals surface area contributed by atoms with Gasteiger partial charge in [0.25, 0.3) is 0 Å². The van der Waals surface area contributed by atoms with Crippen LogP contribution in [-0.2, 0) is 0 Å². The zero-order chi connectivity index (χ0) is 12.4. The van der Waals surface area contributed by atoms with Crippen LogP contribution in [0.4, 0.5) is 4.39 Å². The first-order chi connectivity index (χ1) is 8.84. The van der Waals surface area contributed by atoms with Gasteiger partial charge in [0.1, 0.15) is 5.82 Å². The molecule has 0 aliphatic carbocycles. The maximum Gasteiger partial charge on any atom is 0.123 e. The molecular weight excluding hydrogens is 231 g/mol. The number of piperidine rings is 1. The molecule has 1 atom stereocenters. The smallest absolute Gasteiger partial charge is 0.123 e. The van der Waals surface area contributed by atoms with Crippen molar-refractivity contribution < 1.29 is 4.39 Å². The molecule has 0 spiro atoms. The summed E-state index contributed by atoms with van der Waals surface area (Å²) in [7, 11) is 0. The molecule has 0 radical (unpaired) electrons. The quantitative estimate of drug-likeness (QED) is 0.881. The van der Waals surface area contributed by atoms with Gasteiger partial charge in [-0.2, -0.15) is 0 Å². The highest BCUT2D eigenvalue weighted by Gasteiger charge is 2.19. The first kappa shape index (κ1) is 11.3. The Morgan fingerprint density at radius 1 is 1.28 bits per heavy atom. The van der Waals surface area contributed by atoms with Crippen LogP contribution in [0.15, 0.2) is 30.5 Å². The van der Waals surface area contributed by atoms with Gasteiger partial charge in [-0.05, 0) is 43.7 Å². The largest absolute Gasteiger partial charge is 0.315 e. The van der Waals surface area contributed by atoms with E-state index in [9.17, 15) is 4.39 Å². The molecule has 2 aromatic rings. The average molecular weight is 246 g/mol. The summed E-state index contributed by atoms with van der Waals surface area (Å²) in [6.45, 7) is 1.98. The van der Waals surface area contributed by atoms with Crippen LogP contribution in [-0.4, -0.2) is 28.1 Å². The van der Waals surface area contributed by atoms with Gasteiger partial charge in [0, 0.05) is 12.1 Å². The van der Waals surface area contributed by atoms with Gasteiger partial charge < -0.3 is 5.32 Å². The standard InChI is InChI=1S/C13H15FN4/c14-11-5-3-10(4-6-11)13-9-16-17-18(13)12-2-1-7-15-8-12/h3-6,9,12,15H,1-2,7-8H2. The third kappa shape index (κ3) is 2.13. The van der Waals surface area contributed by atoms with Crippen LogP contribution in [0, 0.1) is 5.82 Å². The van der Waals surface area contributed by atoms with E-state index in [1.807, 2.05) is 4.68 Å². The highest BCUT2D eigenvalue weighted by atomic mass is 19.1.